The molecule has 2 nitrogen and oxygen atoms in total. The predicted octanol–water partition coefficient (Wildman–Crippen LogP) is 1.22. The molecule has 0 aliphatic carbocycles. The molecular formula is C8H21N2PSe2. The molecule has 2 N–H and O–H groups in total. The van der Waals surface area contributed by atoms with Crippen molar-refractivity contribution >= 4 is 35.2 Å². The quantitative estimate of drug-likeness (QED) is 0.564. The summed E-state index contributed by atoms with van der Waals surface area (Å²) in [6.45, 7) is 11.0. The Morgan fingerprint density at radius 3 is 1.62 bits per heavy atom. The first-order chi connectivity index (χ1) is 5.83. The summed E-state index contributed by atoms with van der Waals surface area (Å²) >= 11 is 5.95. The molecule has 0 aliphatic rings. The Morgan fingerprint density at radius 1 is 1.08 bits per heavy atom. The van der Waals surface area contributed by atoms with Crippen LogP contribution < -0.4 is 10.2 Å². The molecule has 0 atom stereocenters. The zero-order valence-electron chi connectivity index (χ0n) is 8.87. The van der Waals surface area contributed by atoms with Crippen LogP contribution in [0.15, 0.2) is 0 Å². The van der Waals surface area contributed by atoms with Crippen molar-refractivity contribution in [1.29, 1.82) is 0 Å². The Bertz CT molecular complexity index is 167. The summed E-state index contributed by atoms with van der Waals surface area (Å²) in [5.74, 6) is 1.41. The predicted molar refractivity (Wildman–Crippen MR) is 65.5 cm³/mol. The van der Waals surface area contributed by atoms with Gasteiger partial charge in [0.1, 0.15) is 0 Å². The third-order valence-corrected chi connectivity index (χ3v) is 6.06. The Kier molecular flexibility index (Phi) is 7.52. The van der Waals surface area contributed by atoms with Crippen molar-refractivity contribution in [2.24, 2.45) is 11.8 Å². The zero-order chi connectivity index (χ0) is 10.5. The van der Waals surface area contributed by atoms with Gasteiger partial charge in [-0.05, 0) is 0 Å². The third kappa shape index (κ3) is 9.69. The van der Waals surface area contributed by atoms with Crippen LogP contribution in [0.25, 0.3) is 0 Å². The van der Waals surface area contributed by atoms with Crippen LogP contribution in [-0.4, -0.2) is 43.8 Å². The second-order valence-electron chi connectivity index (χ2n) is 4.09. The summed E-state index contributed by atoms with van der Waals surface area (Å²) < 4.78 is -1.24. The molecule has 0 aromatic heterocycles. The van der Waals surface area contributed by atoms with Gasteiger partial charge in [0.15, 0.2) is 0 Å². The third-order valence-electron chi connectivity index (χ3n) is 1.43. The van der Waals surface area contributed by atoms with Crippen LogP contribution in [0.3, 0.4) is 0 Å². The molecule has 0 unspecified atom stereocenters. The minimum absolute atomic E-state index is 0.706. The molecule has 5 heteroatoms. The van der Waals surface area contributed by atoms with Crippen molar-refractivity contribution in [3.05, 3.63) is 0 Å². The summed E-state index contributed by atoms with van der Waals surface area (Å²) in [6.07, 6.45) is 0. The molecule has 0 aromatic carbocycles. The number of rotatable bonds is 6. The summed E-state index contributed by atoms with van der Waals surface area (Å²) in [4.78, 5) is 0. The first-order valence-corrected chi connectivity index (χ1v) is 11.1. The van der Waals surface area contributed by atoms with E-state index in [0.717, 1.165) is 13.1 Å². The first kappa shape index (κ1) is 14.4. The van der Waals surface area contributed by atoms with Gasteiger partial charge in [-0.3, -0.25) is 0 Å². The van der Waals surface area contributed by atoms with Crippen LogP contribution in [0, 0.1) is 11.8 Å². The molecule has 80 valence electrons. The molecule has 0 saturated carbocycles. The Balaban J connectivity index is 3.74. The van der Waals surface area contributed by atoms with E-state index in [1.165, 1.54) is 0 Å². The van der Waals surface area contributed by atoms with E-state index in [1.54, 1.807) is 0 Å². The molecule has 0 bridgehead atoms. The molecule has 0 fully saturated rings. The molecule has 0 spiro atoms. The average molecular weight is 334 g/mol. The van der Waals surface area contributed by atoms with E-state index < -0.39 is 4.50 Å². The van der Waals surface area contributed by atoms with Gasteiger partial charge < -0.3 is 0 Å². The van der Waals surface area contributed by atoms with Crippen LogP contribution >= 0.6 is 4.50 Å². The maximum absolute atomic E-state index is 3.53. The van der Waals surface area contributed by atoms with Crippen LogP contribution in [0.1, 0.15) is 27.7 Å². The second-order valence-corrected chi connectivity index (χ2v) is 17.1. The summed E-state index contributed by atoms with van der Waals surface area (Å²) in [7, 11) is 0. The maximum atomic E-state index is 3.53. The van der Waals surface area contributed by atoms with Crippen LogP contribution in [0.4, 0.5) is 0 Å². The van der Waals surface area contributed by atoms with Crippen molar-refractivity contribution < 1.29 is 0 Å². The van der Waals surface area contributed by atoms with Gasteiger partial charge in [0.2, 0.25) is 0 Å². The van der Waals surface area contributed by atoms with Crippen LogP contribution in [-0.2, 0) is 0 Å². The molecule has 0 heterocycles. The Labute approximate surface area is 97.8 Å². The van der Waals surface area contributed by atoms with E-state index in [0.29, 0.717) is 11.8 Å². The van der Waals surface area contributed by atoms with Gasteiger partial charge >= 0.3 is 98.0 Å². The second kappa shape index (κ2) is 6.80. The van der Waals surface area contributed by atoms with Crippen molar-refractivity contribution in [2.75, 3.05) is 13.1 Å². The summed E-state index contributed by atoms with van der Waals surface area (Å²) in [6, 6.07) is 0. The Hall–Kier alpha value is 1.39. The van der Waals surface area contributed by atoms with E-state index in [4.69, 9.17) is 0 Å². The van der Waals surface area contributed by atoms with Crippen molar-refractivity contribution in [3.63, 3.8) is 0 Å². The minimum atomic E-state index is -1.24. The number of hydrogen-bond acceptors (Lipinski definition) is 2. The van der Waals surface area contributed by atoms with Crippen molar-refractivity contribution in [3.8, 4) is 0 Å². The number of hydrogen-bond donors (Lipinski definition) is 2. The first-order valence-electron chi connectivity index (χ1n) is 4.66. The molecule has 0 rings (SSSR count). The van der Waals surface area contributed by atoms with Crippen LogP contribution in [0.5, 0.6) is 0 Å². The topological polar surface area (TPSA) is 24.1 Å². The summed E-state index contributed by atoms with van der Waals surface area (Å²) in [5, 5.41) is 7.06. The standard InChI is InChI=1S/C8H21N2PSe2/c1-7(2)5-9-11(12,13)10-6-8(3)4/h7-8H,5-6H2,1-4H3,(H3,9,10,12,13). The average Bonchev–Trinajstić information content (AvgIpc) is 1.98. The van der Waals surface area contributed by atoms with Gasteiger partial charge in [-0.2, -0.15) is 0 Å². The molecule has 0 aromatic rings. The van der Waals surface area contributed by atoms with E-state index in [9.17, 15) is 0 Å². The molecular weight excluding hydrogens is 313 g/mol. The number of nitrogens with one attached hydrogen (secondary N) is 2. The molecule has 0 amide bonds. The van der Waals surface area contributed by atoms with E-state index in [-0.39, 0.29) is 0 Å². The van der Waals surface area contributed by atoms with E-state index in [2.05, 4.69) is 68.5 Å². The van der Waals surface area contributed by atoms with Crippen molar-refractivity contribution in [2.45, 2.75) is 27.7 Å². The normalized spacial score (nSPS) is 12.8. The molecule has 0 radical (unpaired) electrons. The molecule has 13 heavy (non-hydrogen) atoms. The fraction of sp³-hybridized carbons (Fsp3) is 1.00. The van der Waals surface area contributed by atoms with E-state index >= 15 is 0 Å². The monoisotopic (exact) mass is 336 g/mol. The van der Waals surface area contributed by atoms with E-state index in [1.807, 2.05) is 0 Å². The van der Waals surface area contributed by atoms with Crippen LogP contribution in [0.2, 0.25) is 0 Å². The SMILES string of the molecule is CC(C)CNP(=[Se])([SeH])NCC(C)C. The van der Waals surface area contributed by atoms with Crippen molar-refractivity contribution in [1.82, 2.24) is 10.2 Å². The van der Waals surface area contributed by atoms with Gasteiger partial charge in [0.25, 0.3) is 0 Å². The van der Waals surface area contributed by atoms with Gasteiger partial charge in [-0.15, -0.1) is 0 Å². The van der Waals surface area contributed by atoms with Gasteiger partial charge in [0.05, 0.1) is 0 Å². The zero-order valence-corrected chi connectivity index (χ0v) is 13.4. The molecule has 0 saturated heterocycles. The fourth-order valence-corrected chi connectivity index (χ4v) is 3.97. The van der Waals surface area contributed by atoms with Gasteiger partial charge in [0, 0.05) is 0 Å². The summed E-state index contributed by atoms with van der Waals surface area (Å²) in [5.41, 5.74) is 0. The van der Waals surface area contributed by atoms with Gasteiger partial charge in [-0.1, -0.05) is 0 Å². The van der Waals surface area contributed by atoms with Gasteiger partial charge in [-0.25, -0.2) is 0 Å². The molecule has 0 aliphatic heterocycles. The fourth-order valence-electron chi connectivity index (χ4n) is 0.669. The Morgan fingerprint density at radius 2 is 1.38 bits per heavy atom.